The first-order valence-corrected chi connectivity index (χ1v) is 13.7. The van der Waals surface area contributed by atoms with Crippen LogP contribution in [-0.2, 0) is 33.3 Å². The Hall–Kier alpha value is -2.04. The summed E-state index contributed by atoms with van der Waals surface area (Å²) in [5.41, 5.74) is -0.771. The van der Waals surface area contributed by atoms with E-state index < -0.39 is 58.7 Å². The fraction of sp³-hybridized carbons (Fsp3) is 0.724. The summed E-state index contributed by atoms with van der Waals surface area (Å²) in [5, 5.41) is 20.8. The van der Waals surface area contributed by atoms with Crippen molar-refractivity contribution in [2.75, 3.05) is 19.8 Å². The van der Waals surface area contributed by atoms with Crippen LogP contribution in [0.2, 0.25) is 0 Å². The molecule has 3 fully saturated rings. The quantitative estimate of drug-likeness (QED) is 0.298. The van der Waals surface area contributed by atoms with Gasteiger partial charge in [-0.05, 0) is 39.0 Å². The molecule has 0 aromatic rings. The molecule has 1 unspecified atom stereocenters. The molecule has 0 radical (unpaired) electrons. The Morgan fingerprint density at radius 2 is 1.92 bits per heavy atom. The molecule has 5 aliphatic rings. The van der Waals surface area contributed by atoms with Crippen molar-refractivity contribution in [1.29, 1.82) is 0 Å². The number of allylic oxidation sites excluding steroid dienone is 3. The number of esters is 2. The largest absolute Gasteiger partial charge is 0.463 e. The van der Waals surface area contributed by atoms with E-state index in [9.17, 15) is 19.8 Å². The number of epoxide rings is 1. The van der Waals surface area contributed by atoms with E-state index in [2.05, 4.69) is 19.9 Å². The van der Waals surface area contributed by atoms with Gasteiger partial charge >= 0.3 is 11.9 Å². The molecule has 2 bridgehead atoms. The van der Waals surface area contributed by atoms with Crippen molar-refractivity contribution in [3.8, 4) is 0 Å². The Morgan fingerprint density at radius 3 is 2.63 bits per heavy atom. The molecule has 10 atom stereocenters. The second-order valence-electron chi connectivity index (χ2n) is 11.9. The molecule has 9 nitrogen and oxygen atoms in total. The average Bonchev–Trinajstić information content (AvgIpc) is 3.65. The normalized spacial score (nSPS) is 48.0. The first-order valence-electron chi connectivity index (χ1n) is 13.7. The van der Waals surface area contributed by atoms with Crippen LogP contribution >= 0.6 is 0 Å². The molecule has 1 saturated carbocycles. The summed E-state index contributed by atoms with van der Waals surface area (Å²) in [7, 11) is 0. The molecule has 5 rings (SSSR count). The molecule has 2 saturated heterocycles. The second-order valence-corrected chi connectivity index (χ2v) is 11.9. The number of rotatable bonds is 1. The number of aliphatic hydroxyl groups is 2. The van der Waals surface area contributed by atoms with Crippen LogP contribution in [0.1, 0.15) is 53.4 Å². The summed E-state index contributed by atoms with van der Waals surface area (Å²) in [5.74, 6) is -1.60. The highest BCUT2D eigenvalue weighted by atomic mass is 16.6. The number of cyclic esters (lactones) is 1. The minimum Gasteiger partial charge on any atom is -0.463 e. The Morgan fingerprint density at radius 1 is 1.16 bits per heavy atom. The lowest BCUT2D eigenvalue weighted by Gasteiger charge is -2.58. The third-order valence-electron chi connectivity index (χ3n) is 9.73. The van der Waals surface area contributed by atoms with Gasteiger partial charge in [-0.2, -0.15) is 0 Å². The van der Waals surface area contributed by atoms with Crippen molar-refractivity contribution in [3.63, 3.8) is 0 Å². The lowest BCUT2D eigenvalue weighted by molar-refractivity contribution is -0.234. The molecule has 210 valence electrons. The summed E-state index contributed by atoms with van der Waals surface area (Å²) in [6.07, 6.45) is 6.89. The zero-order chi connectivity index (χ0) is 27.3. The standard InChI is InChI=1S/C29H40O9/c1-17-9-11-28-15-35-26(33)25(32)18(2)10-12-34-20(19(3)30)7-5-6-8-24(31)38-21-14-23(37-22(28)13-17)29(16-36-29)27(21,28)4/h5-8,13,18-23,25,30,32H,9-12,14-16H2,1-4H3/b7-5+,8-6-/t18-,19-,20-,21-,22-,23-,25+,27-,28-,29?/m1/s1. The van der Waals surface area contributed by atoms with Crippen molar-refractivity contribution in [2.24, 2.45) is 16.7 Å². The van der Waals surface area contributed by atoms with Crippen molar-refractivity contribution in [2.45, 2.75) is 95.6 Å². The van der Waals surface area contributed by atoms with Crippen LogP contribution in [0.4, 0.5) is 0 Å². The SMILES string of the molecule is CC1=C[C@H]2O[C@@H]3C[C@H]4OC(=O)/C=C\C=C\[C@H]([C@@H](C)O)OCC[C@@H](C)[C@H](O)C(=O)OC[C@@]2(CC1)[C@]4(C)C31CO1. The van der Waals surface area contributed by atoms with Crippen LogP contribution in [0, 0.1) is 16.7 Å². The van der Waals surface area contributed by atoms with Gasteiger partial charge in [0, 0.05) is 24.5 Å². The fourth-order valence-corrected chi connectivity index (χ4v) is 7.04. The Kier molecular flexibility index (Phi) is 7.37. The van der Waals surface area contributed by atoms with E-state index in [4.69, 9.17) is 23.7 Å². The highest BCUT2D eigenvalue weighted by Gasteiger charge is 2.83. The monoisotopic (exact) mass is 532 g/mol. The fourth-order valence-electron chi connectivity index (χ4n) is 7.04. The molecule has 2 aliphatic carbocycles. The molecular formula is C29H40O9. The maximum Gasteiger partial charge on any atom is 0.335 e. The molecule has 38 heavy (non-hydrogen) atoms. The van der Waals surface area contributed by atoms with Crippen molar-refractivity contribution >= 4 is 11.9 Å². The topological polar surface area (TPSA) is 124 Å². The highest BCUT2D eigenvalue weighted by molar-refractivity contribution is 5.82. The minimum atomic E-state index is -1.33. The van der Waals surface area contributed by atoms with Gasteiger partial charge in [-0.25, -0.2) is 9.59 Å². The van der Waals surface area contributed by atoms with Gasteiger partial charge in [0.2, 0.25) is 0 Å². The second kappa shape index (κ2) is 10.2. The Bertz CT molecular complexity index is 1030. The number of hydrogen-bond acceptors (Lipinski definition) is 9. The van der Waals surface area contributed by atoms with E-state index in [1.54, 1.807) is 32.1 Å². The smallest absolute Gasteiger partial charge is 0.335 e. The maximum absolute atomic E-state index is 13.1. The maximum atomic E-state index is 13.1. The Balaban J connectivity index is 1.51. The molecule has 0 aromatic heterocycles. The predicted octanol–water partition coefficient (Wildman–Crippen LogP) is 2.39. The van der Waals surface area contributed by atoms with Crippen molar-refractivity contribution in [3.05, 3.63) is 36.0 Å². The first-order chi connectivity index (χ1) is 18.0. The number of carbonyl (C=O) groups is 2. The summed E-state index contributed by atoms with van der Waals surface area (Å²) in [6, 6.07) is 0. The summed E-state index contributed by atoms with van der Waals surface area (Å²) in [4.78, 5) is 26.0. The van der Waals surface area contributed by atoms with Crippen molar-refractivity contribution < 1.29 is 43.5 Å². The molecule has 0 aromatic carbocycles. The summed E-state index contributed by atoms with van der Waals surface area (Å²) in [6.45, 7) is 8.27. The van der Waals surface area contributed by atoms with E-state index in [1.165, 1.54) is 11.6 Å². The molecule has 9 heteroatoms. The number of ether oxygens (including phenoxy) is 5. The minimum absolute atomic E-state index is 0.0195. The van der Waals surface area contributed by atoms with Gasteiger partial charge in [0.25, 0.3) is 0 Å². The summed E-state index contributed by atoms with van der Waals surface area (Å²) < 4.78 is 30.4. The number of hydrogen-bond donors (Lipinski definition) is 2. The zero-order valence-corrected chi connectivity index (χ0v) is 22.6. The lowest BCUT2D eigenvalue weighted by Crippen LogP contribution is -2.66. The van der Waals surface area contributed by atoms with Crippen LogP contribution in [0.3, 0.4) is 0 Å². The lowest BCUT2D eigenvalue weighted by atomic mass is 9.51. The molecule has 2 spiro atoms. The highest BCUT2D eigenvalue weighted by Crippen LogP contribution is 2.72. The predicted molar refractivity (Wildman–Crippen MR) is 136 cm³/mol. The van der Waals surface area contributed by atoms with Crippen LogP contribution in [-0.4, -0.2) is 84.2 Å². The van der Waals surface area contributed by atoms with E-state index in [0.717, 1.165) is 6.42 Å². The number of carbonyl (C=O) groups excluding carboxylic acids is 2. The van der Waals surface area contributed by atoms with Gasteiger partial charge in [-0.15, -0.1) is 0 Å². The van der Waals surface area contributed by atoms with Crippen LogP contribution in [0.25, 0.3) is 0 Å². The van der Waals surface area contributed by atoms with Crippen LogP contribution in [0.5, 0.6) is 0 Å². The zero-order valence-electron chi connectivity index (χ0n) is 22.6. The molecule has 0 amide bonds. The molecule has 3 aliphatic heterocycles. The number of aliphatic hydroxyl groups excluding tert-OH is 2. The summed E-state index contributed by atoms with van der Waals surface area (Å²) >= 11 is 0. The van der Waals surface area contributed by atoms with Gasteiger partial charge in [-0.1, -0.05) is 43.7 Å². The third kappa shape index (κ3) is 4.36. The van der Waals surface area contributed by atoms with Gasteiger partial charge in [0.1, 0.15) is 24.4 Å². The average molecular weight is 533 g/mol. The molecule has 2 N–H and O–H groups in total. The van der Waals surface area contributed by atoms with Gasteiger partial charge < -0.3 is 33.9 Å². The Labute approximate surface area is 223 Å². The van der Waals surface area contributed by atoms with E-state index in [1.807, 2.05) is 0 Å². The van der Waals surface area contributed by atoms with E-state index in [-0.39, 0.29) is 25.4 Å². The van der Waals surface area contributed by atoms with Gasteiger partial charge in [0.05, 0.1) is 30.3 Å². The van der Waals surface area contributed by atoms with Crippen molar-refractivity contribution in [1.82, 2.24) is 0 Å². The van der Waals surface area contributed by atoms with Crippen LogP contribution in [0.15, 0.2) is 36.0 Å². The van der Waals surface area contributed by atoms with Gasteiger partial charge in [0.15, 0.2) is 6.10 Å². The van der Waals surface area contributed by atoms with Crippen LogP contribution < -0.4 is 0 Å². The third-order valence-corrected chi connectivity index (χ3v) is 9.73. The molecular weight excluding hydrogens is 492 g/mol. The van der Waals surface area contributed by atoms with E-state index >= 15 is 0 Å². The van der Waals surface area contributed by atoms with Gasteiger partial charge in [-0.3, -0.25) is 0 Å². The van der Waals surface area contributed by atoms with E-state index in [0.29, 0.717) is 25.9 Å². The molecule has 3 heterocycles. The first kappa shape index (κ1) is 27.5.